The first kappa shape index (κ1) is 10.5. The number of hydrogen-bond donors (Lipinski definition) is 0. The Morgan fingerprint density at radius 2 is 1.94 bits per heavy atom. The third kappa shape index (κ3) is 1.30. The maximum absolute atomic E-state index is 12.6. The van der Waals surface area contributed by atoms with Gasteiger partial charge < -0.3 is 4.74 Å². The lowest BCUT2D eigenvalue weighted by atomic mass is 9.78. The van der Waals surface area contributed by atoms with Crippen LogP contribution in [0.3, 0.4) is 0 Å². The van der Waals surface area contributed by atoms with E-state index >= 15 is 0 Å². The lowest BCUT2D eigenvalue weighted by Crippen LogP contribution is -2.30. The highest BCUT2D eigenvalue weighted by Gasteiger charge is 2.51. The predicted octanol–water partition coefficient (Wildman–Crippen LogP) is 2.84. The third-order valence-electron chi connectivity index (χ3n) is 4.66. The van der Waals surface area contributed by atoms with Crippen molar-refractivity contribution in [1.82, 2.24) is 0 Å². The second-order valence-corrected chi connectivity index (χ2v) is 5.54. The molecule has 0 amide bonds. The average molecular weight is 240 g/mol. The Bertz CT molecular complexity index is 529. The standard InChI is InChI=1S/C16H16O2/c17-16-11-7-4-8-13-15(11)12(9-18-13)14(16)10-5-2-1-3-6-10/h1-3,5-6,11,13,15H,4,7-9H2/t11-,13+,15+/m1/s1. The predicted molar refractivity (Wildman–Crippen MR) is 68.9 cm³/mol. The smallest absolute Gasteiger partial charge is 0.167 e. The molecule has 4 rings (SSSR count). The quantitative estimate of drug-likeness (QED) is 0.754. The van der Waals surface area contributed by atoms with Crippen LogP contribution in [0.4, 0.5) is 0 Å². The van der Waals surface area contributed by atoms with E-state index in [9.17, 15) is 4.79 Å². The Hall–Kier alpha value is -1.41. The highest BCUT2D eigenvalue weighted by Crippen LogP contribution is 2.51. The Balaban J connectivity index is 1.85. The van der Waals surface area contributed by atoms with Crippen LogP contribution >= 0.6 is 0 Å². The molecule has 2 fully saturated rings. The topological polar surface area (TPSA) is 26.3 Å². The van der Waals surface area contributed by atoms with E-state index in [0.29, 0.717) is 24.4 Å². The van der Waals surface area contributed by atoms with Gasteiger partial charge >= 0.3 is 0 Å². The van der Waals surface area contributed by atoms with Gasteiger partial charge in [-0.3, -0.25) is 4.79 Å². The van der Waals surface area contributed by atoms with Gasteiger partial charge in [0.2, 0.25) is 0 Å². The number of benzene rings is 1. The van der Waals surface area contributed by atoms with Gasteiger partial charge in [0.1, 0.15) is 0 Å². The maximum atomic E-state index is 12.6. The summed E-state index contributed by atoms with van der Waals surface area (Å²) in [6, 6.07) is 10.1. The van der Waals surface area contributed by atoms with Gasteiger partial charge in [-0.15, -0.1) is 0 Å². The summed E-state index contributed by atoms with van der Waals surface area (Å²) in [4.78, 5) is 12.6. The van der Waals surface area contributed by atoms with Crippen LogP contribution in [0.15, 0.2) is 35.9 Å². The molecule has 2 aliphatic carbocycles. The van der Waals surface area contributed by atoms with Gasteiger partial charge in [0.05, 0.1) is 12.7 Å². The van der Waals surface area contributed by atoms with Crippen LogP contribution in [0.1, 0.15) is 24.8 Å². The van der Waals surface area contributed by atoms with Gasteiger partial charge in [-0.1, -0.05) is 36.8 Å². The summed E-state index contributed by atoms with van der Waals surface area (Å²) in [7, 11) is 0. The van der Waals surface area contributed by atoms with Crippen molar-refractivity contribution in [2.45, 2.75) is 25.4 Å². The summed E-state index contributed by atoms with van der Waals surface area (Å²) in [6.45, 7) is 0.668. The van der Waals surface area contributed by atoms with Crippen LogP contribution in [0, 0.1) is 11.8 Å². The molecule has 0 aromatic heterocycles. The van der Waals surface area contributed by atoms with Crippen molar-refractivity contribution >= 4 is 11.4 Å². The molecular weight excluding hydrogens is 224 g/mol. The van der Waals surface area contributed by atoms with Crippen LogP contribution in [0.2, 0.25) is 0 Å². The Morgan fingerprint density at radius 1 is 1.11 bits per heavy atom. The van der Waals surface area contributed by atoms with Crippen molar-refractivity contribution in [1.29, 1.82) is 0 Å². The fourth-order valence-corrected chi connectivity index (χ4v) is 3.91. The van der Waals surface area contributed by atoms with Crippen LogP contribution < -0.4 is 0 Å². The number of allylic oxidation sites excluding steroid dienone is 1. The van der Waals surface area contributed by atoms with Gasteiger partial charge in [0.25, 0.3) is 0 Å². The molecule has 1 aromatic rings. The van der Waals surface area contributed by atoms with Crippen molar-refractivity contribution in [3.05, 3.63) is 41.5 Å². The summed E-state index contributed by atoms with van der Waals surface area (Å²) in [5, 5.41) is 0. The Labute approximate surface area is 107 Å². The number of carbonyl (C=O) groups excluding carboxylic acids is 1. The van der Waals surface area contributed by atoms with E-state index in [1.54, 1.807) is 0 Å². The molecular formula is C16H16O2. The molecule has 18 heavy (non-hydrogen) atoms. The number of rotatable bonds is 1. The third-order valence-corrected chi connectivity index (χ3v) is 4.66. The monoisotopic (exact) mass is 240 g/mol. The lowest BCUT2D eigenvalue weighted by molar-refractivity contribution is -0.119. The number of ketones is 1. The first-order valence-electron chi connectivity index (χ1n) is 6.80. The summed E-state index contributed by atoms with van der Waals surface area (Å²) < 4.78 is 5.88. The van der Waals surface area contributed by atoms with Crippen LogP contribution in [0.25, 0.3) is 5.57 Å². The van der Waals surface area contributed by atoms with E-state index in [0.717, 1.165) is 30.4 Å². The minimum Gasteiger partial charge on any atom is -0.373 e. The van der Waals surface area contributed by atoms with Crippen molar-refractivity contribution in [3.63, 3.8) is 0 Å². The zero-order valence-corrected chi connectivity index (χ0v) is 10.3. The van der Waals surface area contributed by atoms with Crippen LogP contribution in [0.5, 0.6) is 0 Å². The molecule has 2 heteroatoms. The van der Waals surface area contributed by atoms with E-state index in [4.69, 9.17) is 4.74 Å². The SMILES string of the molecule is O=C1C(c2ccccc2)=C2CO[C@H]3CCC[C@@H]1[C@@H]23. The first-order chi connectivity index (χ1) is 8.86. The molecule has 0 unspecified atom stereocenters. The molecule has 3 aliphatic rings. The highest BCUT2D eigenvalue weighted by atomic mass is 16.5. The number of Topliss-reactive ketones (excluding diaryl/α,β-unsaturated/α-hetero) is 1. The minimum atomic E-state index is 0.205. The number of carbonyl (C=O) groups is 1. The van der Waals surface area contributed by atoms with Crippen LogP contribution in [-0.4, -0.2) is 18.5 Å². The fraction of sp³-hybridized carbons (Fsp3) is 0.438. The van der Waals surface area contributed by atoms with Gasteiger partial charge in [0.15, 0.2) is 5.78 Å². The highest BCUT2D eigenvalue weighted by molar-refractivity contribution is 6.25. The second kappa shape index (κ2) is 3.79. The van der Waals surface area contributed by atoms with E-state index in [1.807, 2.05) is 30.3 Å². The Kier molecular flexibility index (Phi) is 2.21. The summed E-state index contributed by atoms with van der Waals surface area (Å²) >= 11 is 0. The molecule has 0 bridgehead atoms. The van der Waals surface area contributed by atoms with E-state index in [1.165, 1.54) is 5.57 Å². The zero-order chi connectivity index (χ0) is 12.1. The second-order valence-electron chi connectivity index (χ2n) is 5.54. The minimum absolute atomic E-state index is 0.205. The van der Waals surface area contributed by atoms with Crippen LogP contribution in [-0.2, 0) is 9.53 Å². The number of ether oxygens (including phenoxy) is 1. The van der Waals surface area contributed by atoms with E-state index in [-0.39, 0.29) is 5.92 Å². The normalized spacial score (nSPS) is 34.0. The zero-order valence-electron chi connectivity index (χ0n) is 10.3. The molecule has 3 atom stereocenters. The molecule has 0 radical (unpaired) electrons. The molecule has 1 aromatic carbocycles. The van der Waals surface area contributed by atoms with Crippen molar-refractivity contribution in [2.75, 3.05) is 6.61 Å². The molecule has 1 saturated heterocycles. The fourth-order valence-electron chi connectivity index (χ4n) is 3.91. The molecule has 0 N–H and O–H groups in total. The molecule has 2 nitrogen and oxygen atoms in total. The molecule has 1 saturated carbocycles. The summed E-state index contributed by atoms with van der Waals surface area (Å²) in [6.07, 6.45) is 3.61. The van der Waals surface area contributed by atoms with Crippen molar-refractivity contribution in [2.24, 2.45) is 11.8 Å². The van der Waals surface area contributed by atoms with Gasteiger partial charge in [-0.25, -0.2) is 0 Å². The van der Waals surface area contributed by atoms with E-state index < -0.39 is 0 Å². The van der Waals surface area contributed by atoms with Gasteiger partial charge in [0, 0.05) is 17.4 Å². The van der Waals surface area contributed by atoms with Gasteiger partial charge in [-0.05, 0) is 24.0 Å². The van der Waals surface area contributed by atoms with E-state index in [2.05, 4.69) is 0 Å². The van der Waals surface area contributed by atoms with Gasteiger partial charge in [-0.2, -0.15) is 0 Å². The summed E-state index contributed by atoms with van der Waals surface area (Å²) in [5.74, 6) is 0.965. The molecule has 92 valence electrons. The molecule has 1 aliphatic heterocycles. The summed E-state index contributed by atoms with van der Waals surface area (Å²) in [5.41, 5.74) is 3.33. The van der Waals surface area contributed by atoms with Crippen molar-refractivity contribution < 1.29 is 9.53 Å². The maximum Gasteiger partial charge on any atom is 0.167 e. The first-order valence-corrected chi connectivity index (χ1v) is 6.80. The molecule has 1 heterocycles. The molecule has 0 spiro atoms. The Morgan fingerprint density at radius 3 is 2.78 bits per heavy atom. The van der Waals surface area contributed by atoms with Crippen molar-refractivity contribution in [3.8, 4) is 0 Å². The lowest BCUT2D eigenvalue weighted by Gasteiger charge is -2.28. The average Bonchev–Trinajstić information content (AvgIpc) is 2.96. The number of hydrogen-bond acceptors (Lipinski definition) is 2. The largest absolute Gasteiger partial charge is 0.373 e.